The molecule has 38 heavy (non-hydrogen) atoms. The lowest BCUT2D eigenvalue weighted by atomic mass is 9.77. The highest BCUT2D eigenvalue weighted by Crippen LogP contribution is 2.40. The summed E-state index contributed by atoms with van der Waals surface area (Å²) in [6, 6.07) is 18.1. The van der Waals surface area contributed by atoms with Gasteiger partial charge < -0.3 is 15.0 Å². The van der Waals surface area contributed by atoms with Crippen LogP contribution in [0.25, 0.3) is 15.0 Å². The molecule has 0 aliphatic carbocycles. The van der Waals surface area contributed by atoms with E-state index in [4.69, 9.17) is 9.73 Å². The first kappa shape index (κ1) is 23.4. The SMILES string of the molecule is COc1ccc(CN2c3c(c(=O)cc4sc5ccccc5n34)C=NC2N2CCC3(CC2)CNC(=O)C3)cc1. The van der Waals surface area contributed by atoms with E-state index >= 15 is 0 Å². The third-order valence-corrected chi connectivity index (χ3v) is 9.37. The first-order valence-corrected chi connectivity index (χ1v) is 13.9. The Morgan fingerprint density at radius 1 is 1.11 bits per heavy atom. The second-order valence-electron chi connectivity index (χ2n) is 10.6. The predicted octanol–water partition coefficient (Wildman–Crippen LogP) is 3.85. The van der Waals surface area contributed by atoms with Gasteiger partial charge in [-0.3, -0.25) is 23.9 Å². The van der Waals surface area contributed by atoms with Gasteiger partial charge in [-0.15, -0.1) is 11.3 Å². The number of hydrogen-bond donors (Lipinski definition) is 1. The van der Waals surface area contributed by atoms with Crippen molar-refractivity contribution in [2.24, 2.45) is 10.4 Å². The van der Waals surface area contributed by atoms with Gasteiger partial charge in [0.05, 0.1) is 22.9 Å². The number of rotatable bonds is 4. The zero-order chi connectivity index (χ0) is 25.9. The minimum Gasteiger partial charge on any atom is -0.497 e. The van der Waals surface area contributed by atoms with Crippen molar-refractivity contribution >= 4 is 44.3 Å². The van der Waals surface area contributed by atoms with Gasteiger partial charge in [-0.1, -0.05) is 24.3 Å². The fraction of sp³-hybridized carbons (Fsp3) is 0.345. The molecule has 1 unspecified atom stereocenters. The van der Waals surface area contributed by atoms with E-state index in [-0.39, 0.29) is 23.0 Å². The molecule has 1 N–H and O–H groups in total. The summed E-state index contributed by atoms with van der Waals surface area (Å²) in [6.45, 7) is 3.06. The summed E-state index contributed by atoms with van der Waals surface area (Å²) >= 11 is 1.63. The molecule has 0 bridgehead atoms. The van der Waals surface area contributed by atoms with Crippen LogP contribution in [0.5, 0.6) is 5.75 Å². The number of thiazole rings is 1. The first-order valence-electron chi connectivity index (χ1n) is 13.0. The Morgan fingerprint density at radius 2 is 1.89 bits per heavy atom. The third-order valence-electron chi connectivity index (χ3n) is 8.29. The number of methoxy groups -OCH3 is 1. The largest absolute Gasteiger partial charge is 0.497 e. The molecule has 1 atom stereocenters. The van der Waals surface area contributed by atoms with Crippen molar-refractivity contribution in [2.75, 3.05) is 31.6 Å². The number of ether oxygens (including phenoxy) is 1. The maximum Gasteiger partial charge on any atom is 0.220 e. The van der Waals surface area contributed by atoms with E-state index in [9.17, 15) is 9.59 Å². The van der Waals surface area contributed by atoms with E-state index in [1.54, 1.807) is 30.7 Å². The molecule has 9 heteroatoms. The highest BCUT2D eigenvalue weighted by molar-refractivity contribution is 7.24. The van der Waals surface area contributed by atoms with Crippen molar-refractivity contribution in [3.8, 4) is 5.75 Å². The lowest BCUT2D eigenvalue weighted by molar-refractivity contribution is -0.119. The number of aliphatic imine (C=N–C) groups is 1. The number of anilines is 1. The van der Waals surface area contributed by atoms with Gasteiger partial charge in [-0.2, -0.15) is 0 Å². The first-order chi connectivity index (χ1) is 18.5. The molecule has 2 fully saturated rings. The van der Waals surface area contributed by atoms with E-state index in [1.807, 2.05) is 24.3 Å². The molecule has 2 aromatic heterocycles. The van der Waals surface area contributed by atoms with Gasteiger partial charge in [-0.05, 0) is 48.1 Å². The van der Waals surface area contributed by atoms with Crippen LogP contribution in [-0.4, -0.2) is 54.5 Å². The number of nitrogens with zero attached hydrogens (tertiary/aromatic N) is 4. The number of piperidine rings is 1. The van der Waals surface area contributed by atoms with Gasteiger partial charge in [-0.25, -0.2) is 0 Å². The number of carbonyl (C=O) groups is 1. The van der Waals surface area contributed by atoms with Crippen LogP contribution < -0.4 is 20.4 Å². The van der Waals surface area contributed by atoms with Gasteiger partial charge in [0.2, 0.25) is 5.91 Å². The highest BCUT2D eigenvalue weighted by Gasteiger charge is 2.43. The zero-order valence-corrected chi connectivity index (χ0v) is 22.0. The summed E-state index contributed by atoms with van der Waals surface area (Å²) in [4.78, 5) is 35.9. The molecule has 0 radical (unpaired) electrons. The number of carbonyl (C=O) groups excluding carboxylic acids is 1. The molecule has 0 saturated carbocycles. The fourth-order valence-corrected chi connectivity index (χ4v) is 7.26. The Balaban J connectivity index is 1.33. The maximum absolute atomic E-state index is 13.3. The van der Waals surface area contributed by atoms with Crippen LogP contribution >= 0.6 is 11.3 Å². The van der Waals surface area contributed by atoms with Crippen molar-refractivity contribution in [3.63, 3.8) is 0 Å². The van der Waals surface area contributed by atoms with E-state index in [1.165, 1.54) is 0 Å². The Bertz CT molecular complexity index is 1630. The molecule has 1 spiro atoms. The molecule has 4 aromatic rings. The van der Waals surface area contributed by atoms with Crippen molar-refractivity contribution in [1.82, 2.24) is 14.6 Å². The molecule has 7 rings (SSSR count). The lowest BCUT2D eigenvalue weighted by Gasteiger charge is -2.45. The maximum atomic E-state index is 13.3. The zero-order valence-electron chi connectivity index (χ0n) is 21.2. The smallest absolute Gasteiger partial charge is 0.220 e. The molecule has 2 aromatic carbocycles. The summed E-state index contributed by atoms with van der Waals surface area (Å²) in [5.74, 6) is 1.86. The number of likely N-dealkylation sites (tertiary alicyclic amines) is 1. The Kier molecular flexibility index (Phi) is 5.52. The number of para-hydroxylation sites is 1. The second-order valence-corrected chi connectivity index (χ2v) is 11.6. The van der Waals surface area contributed by atoms with E-state index in [0.29, 0.717) is 18.5 Å². The summed E-state index contributed by atoms with van der Waals surface area (Å²) in [5, 5.41) is 3.03. The minimum absolute atomic E-state index is 0.0124. The molecular weight excluding hydrogens is 498 g/mol. The standard InChI is InChI=1S/C29H29N5O3S/c1-37-20-8-6-19(7-9-20)17-33-27-21(23(35)14-26-34(27)22-4-2-3-5-24(22)38-26)16-30-28(33)32-12-10-29(11-13-32)15-25(36)31-18-29/h2-9,14,16,28H,10-13,15,17-18H2,1H3,(H,31,36). The van der Waals surface area contributed by atoms with Gasteiger partial charge in [0.1, 0.15) is 16.4 Å². The molecule has 5 heterocycles. The third kappa shape index (κ3) is 3.80. The van der Waals surface area contributed by atoms with Gasteiger partial charge >= 0.3 is 0 Å². The topological polar surface area (TPSA) is 78.7 Å². The minimum atomic E-state index is -0.247. The van der Waals surface area contributed by atoms with Gasteiger partial charge in [0.15, 0.2) is 11.7 Å². The fourth-order valence-electron chi connectivity index (χ4n) is 6.18. The summed E-state index contributed by atoms with van der Waals surface area (Å²) in [6.07, 6.45) is 4.04. The number of amides is 1. The molecule has 3 aliphatic heterocycles. The number of benzene rings is 2. The Hall–Kier alpha value is -3.69. The normalized spacial score (nSPS) is 20.8. The van der Waals surface area contributed by atoms with Gasteiger partial charge in [0.25, 0.3) is 0 Å². The molecular formula is C29H29N5O3S. The van der Waals surface area contributed by atoms with Crippen molar-refractivity contribution in [1.29, 1.82) is 0 Å². The molecule has 2 saturated heterocycles. The number of hydrogen-bond acceptors (Lipinski definition) is 7. The monoisotopic (exact) mass is 527 g/mol. The summed E-state index contributed by atoms with van der Waals surface area (Å²) in [5.41, 5.74) is 2.86. The van der Waals surface area contributed by atoms with Crippen LogP contribution in [0.2, 0.25) is 0 Å². The second kappa shape index (κ2) is 8.96. The highest BCUT2D eigenvalue weighted by atomic mass is 32.1. The van der Waals surface area contributed by atoms with E-state index < -0.39 is 0 Å². The van der Waals surface area contributed by atoms with E-state index in [2.05, 4.69) is 43.8 Å². The quantitative estimate of drug-likeness (QED) is 0.436. The van der Waals surface area contributed by atoms with Crippen LogP contribution in [0.4, 0.5) is 5.82 Å². The predicted molar refractivity (Wildman–Crippen MR) is 150 cm³/mol. The average Bonchev–Trinajstić information content (AvgIpc) is 3.49. The summed E-state index contributed by atoms with van der Waals surface area (Å²) in [7, 11) is 1.67. The van der Waals surface area contributed by atoms with Crippen LogP contribution in [0.15, 0.2) is 64.4 Å². The van der Waals surface area contributed by atoms with Crippen LogP contribution in [0.3, 0.4) is 0 Å². The molecule has 194 valence electrons. The van der Waals surface area contributed by atoms with E-state index in [0.717, 1.165) is 64.7 Å². The van der Waals surface area contributed by atoms with Crippen LogP contribution in [0.1, 0.15) is 30.4 Å². The Labute approximate surface area is 224 Å². The average molecular weight is 528 g/mol. The van der Waals surface area contributed by atoms with Crippen molar-refractivity contribution < 1.29 is 9.53 Å². The molecule has 1 amide bonds. The van der Waals surface area contributed by atoms with Crippen LogP contribution in [0, 0.1) is 5.41 Å². The van der Waals surface area contributed by atoms with Crippen molar-refractivity contribution in [2.45, 2.75) is 32.1 Å². The van der Waals surface area contributed by atoms with Crippen LogP contribution in [-0.2, 0) is 11.3 Å². The number of fused-ring (bicyclic) bond motifs is 5. The van der Waals surface area contributed by atoms with Gasteiger partial charge in [0, 0.05) is 44.9 Å². The summed E-state index contributed by atoms with van der Waals surface area (Å²) < 4.78 is 8.74. The number of aromatic nitrogens is 1. The number of pyridine rings is 1. The number of nitrogens with one attached hydrogen (secondary N) is 1. The molecule has 8 nitrogen and oxygen atoms in total. The lowest BCUT2D eigenvalue weighted by Crippen LogP contribution is -2.54. The Morgan fingerprint density at radius 3 is 2.63 bits per heavy atom. The molecule has 3 aliphatic rings. The van der Waals surface area contributed by atoms with Crippen molar-refractivity contribution in [3.05, 3.63) is 75.9 Å².